The number of nitrogens with two attached hydrogens (primary N) is 1. The number of para-hydroxylation sites is 2. The van der Waals surface area contributed by atoms with E-state index < -0.39 is 12.0 Å². The van der Waals surface area contributed by atoms with Crippen molar-refractivity contribution in [1.82, 2.24) is 9.55 Å². The van der Waals surface area contributed by atoms with Gasteiger partial charge in [0.2, 0.25) is 5.91 Å². The van der Waals surface area contributed by atoms with Crippen molar-refractivity contribution in [3.05, 3.63) is 59.4 Å². The van der Waals surface area contributed by atoms with Crippen LogP contribution in [0.2, 0.25) is 0 Å². The predicted molar refractivity (Wildman–Crippen MR) is 100 cm³/mol. The molecule has 1 heterocycles. The third kappa shape index (κ3) is 4.03. The summed E-state index contributed by atoms with van der Waals surface area (Å²) in [6.07, 6.45) is -0.724. The van der Waals surface area contributed by atoms with Crippen molar-refractivity contribution in [2.75, 3.05) is 6.61 Å². The van der Waals surface area contributed by atoms with Crippen molar-refractivity contribution in [3.63, 3.8) is 0 Å². The number of aliphatic hydroxyl groups is 1. The van der Waals surface area contributed by atoms with Crippen LogP contribution in [0.5, 0.6) is 5.75 Å². The van der Waals surface area contributed by atoms with Crippen LogP contribution >= 0.6 is 0 Å². The minimum absolute atomic E-state index is 0.0270. The summed E-state index contributed by atoms with van der Waals surface area (Å²) in [7, 11) is 0. The van der Waals surface area contributed by atoms with E-state index in [2.05, 4.69) is 4.98 Å². The molecule has 1 aromatic heterocycles. The Morgan fingerprint density at radius 2 is 2.04 bits per heavy atom. The van der Waals surface area contributed by atoms with E-state index in [1.165, 1.54) is 0 Å². The summed E-state index contributed by atoms with van der Waals surface area (Å²) >= 11 is 0. The fourth-order valence-corrected chi connectivity index (χ4v) is 2.93. The number of imidazole rings is 1. The monoisotopic (exact) mass is 353 g/mol. The zero-order valence-corrected chi connectivity index (χ0v) is 15.0. The second kappa shape index (κ2) is 7.58. The Morgan fingerprint density at radius 1 is 1.27 bits per heavy atom. The van der Waals surface area contributed by atoms with E-state index in [0.717, 1.165) is 27.9 Å². The van der Waals surface area contributed by atoms with E-state index in [4.69, 9.17) is 10.5 Å². The zero-order valence-electron chi connectivity index (χ0n) is 15.0. The molecule has 0 spiro atoms. The number of ether oxygens (including phenoxy) is 1. The lowest BCUT2D eigenvalue weighted by atomic mass is 10.1. The Hall–Kier alpha value is -2.86. The first kappa shape index (κ1) is 17.9. The minimum Gasteiger partial charge on any atom is -0.491 e. The summed E-state index contributed by atoms with van der Waals surface area (Å²) in [6, 6.07) is 13.5. The first-order valence-corrected chi connectivity index (χ1v) is 8.54. The van der Waals surface area contributed by atoms with Crippen LogP contribution in [0.4, 0.5) is 0 Å². The lowest BCUT2D eigenvalue weighted by molar-refractivity contribution is -0.117. The molecule has 3 N–H and O–H groups in total. The van der Waals surface area contributed by atoms with Gasteiger partial charge in [0.1, 0.15) is 24.3 Å². The second-order valence-electron chi connectivity index (χ2n) is 6.50. The molecule has 6 heteroatoms. The van der Waals surface area contributed by atoms with E-state index in [-0.39, 0.29) is 19.6 Å². The maximum atomic E-state index is 11.3. The number of aromatic nitrogens is 2. The summed E-state index contributed by atoms with van der Waals surface area (Å²) in [5, 5.41) is 10.5. The lowest BCUT2D eigenvalue weighted by Gasteiger charge is -2.16. The molecule has 26 heavy (non-hydrogen) atoms. The van der Waals surface area contributed by atoms with Crippen LogP contribution in [0.15, 0.2) is 42.5 Å². The van der Waals surface area contributed by atoms with Crippen LogP contribution in [-0.4, -0.2) is 33.3 Å². The highest BCUT2D eigenvalue weighted by Gasteiger charge is 2.16. The van der Waals surface area contributed by atoms with Crippen LogP contribution < -0.4 is 10.5 Å². The number of carbonyl (C=O) groups excluding carboxylic acids is 1. The second-order valence-corrected chi connectivity index (χ2v) is 6.50. The van der Waals surface area contributed by atoms with Crippen LogP contribution in [0.25, 0.3) is 11.0 Å². The van der Waals surface area contributed by atoms with E-state index in [0.29, 0.717) is 5.82 Å². The molecule has 0 bridgehead atoms. The van der Waals surface area contributed by atoms with E-state index in [1.807, 2.05) is 60.9 Å². The van der Waals surface area contributed by atoms with Gasteiger partial charge in [0.25, 0.3) is 0 Å². The Bertz CT molecular complexity index is 933. The van der Waals surface area contributed by atoms with Gasteiger partial charge in [0.05, 0.1) is 24.0 Å². The van der Waals surface area contributed by atoms with E-state index in [9.17, 15) is 9.90 Å². The van der Waals surface area contributed by atoms with Gasteiger partial charge in [-0.25, -0.2) is 4.98 Å². The minimum atomic E-state index is -0.751. The molecule has 3 rings (SSSR count). The SMILES string of the molecule is Cc1ccc(C)c(OC[C@@H](O)Cn2c(CC(N)=O)nc3ccccc32)c1. The number of carbonyl (C=O) groups is 1. The van der Waals surface area contributed by atoms with Crippen molar-refractivity contribution in [3.8, 4) is 5.75 Å². The molecule has 0 aliphatic rings. The number of aliphatic hydroxyl groups excluding tert-OH is 1. The van der Waals surface area contributed by atoms with Crippen molar-refractivity contribution in [2.24, 2.45) is 5.73 Å². The fourth-order valence-electron chi connectivity index (χ4n) is 2.93. The number of rotatable bonds is 7. The molecule has 0 aliphatic heterocycles. The summed E-state index contributed by atoms with van der Waals surface area (Å²) in [6.45, 7) is 4.38. The van der Waals surface area contributed by atoms with Gasteiger partial charge in [0, 0.05) is 0 Å². The van der Waals surface area contributed by atoms with Gasteiger partial charge >= 0.3 is 0 Å². The average molecular weight is 353 g/mol. The molecular weight excluding hydrogens is 330 g/mol. The molecule has 6 nitrogen and oxygen atoms in total. The Kier molecular flexibility index (Phi) is 5.23. The largest absolute Gasteiger partial charge is 0.491 e. The van der Waals surface area contributed by atoms with Crippen molar-refractivity contribution < 1.29 is 14.6 Å². The summed E-state index contributed by atoms with van der Waals surface area (Å²) in [4.78, 5) is 15.8. The standard InChI is InChI=1S/C20H23N3O3/c1-13-7-8-14(2)18(9-13)26-12-15(24)11-23-17-6-4-3-5-16(17)22-20(23)10-19(21)25/h3-9,15,24H,10-12H2,1-2H3,(H2,21,25)/t15-/m0/s1. The predicted octanol–water partition coefficient (Wildman–Crippen LogP) is 2.12. The topological polar surface area (TPSA) is 90.4 Å². The highest BCUT2D eigenvalue weighted by molar-refractivity contribution is 5.80. The molecule has 0 saturated heterocycles. The van der Waals surface area contributed by atoms with Gasteiger partial charge in [-0.15, -0.1) is 0 Å². The van der Waals surface area contributed by atoms with Gasteiger partial charge < -0.3 is 20.1 Å². The quantitative estimate of drug-likeness (QED) is 0.681. The molecule has 136 valence electrons. The summed E-state index contributed by atoms with van der Waals surface area (Å²) in [5.41, 5.74) is 9.08. The third-order valence-electron chi connectivity index (χ3n) is 4.23. The van der Waals surface area contributed by atoms with Crippen LogP contribution in [0.1, 0.15) is 17.0 Å². The van der Waals surface area contributed by atoms with Gasteiger partial charge in [-0.05, 0) is 43.2 Å². The summed E-state index contributed by atoms with van der Waals surface area (Å²) in [5.74, 6) is 0.851. The highest BCUT2D eigenvalue weighted by Crippen LogP contribution is 2.20. The zero-order chi connectivity index (χ0) is 18.7. The van der Waals surface area contributed by atoms with Crippen molar-refractivity contribution in [2.45, 2.75) is 32.9 Å². The molecule has 1 amide bonds. The first-order chi connectivity index (χ1) is 12.4. The number of benzene rings is 2. The lowest BCUT2D eigenvalue weighted by Crippen LogP contribution is -2.26. The number of hydrogen-bond donors (Lipinski definition) is 2. The smallest absolute Gasteiger partial charge is 0.225 e. The Morgan fingerprint density at radius 3 is 2.81 bits per heavy atom. The molecule has 3 aromatic rings. The normalized spacial score (nSPS) is 12.3. The molecule has 1 atom stereocenters. The summed E-state index contributed by atoms with van der Waals surface area (Å²) < 4.78 is 7.62. The van der Waals surface area contributed by atoms with Crippen molar-refractivity contribution >= 4 is 16.9 Å². The average Bonchev–Trinajstić information content (AvgIpc) is 2.92. The molecular formula is C20H23N3O3. The van der Waals surface area contributed by atoms with Gasteiger partial charge in [0.15, 0.2) is 0 Å². The van der Waals surface area contributed by atoms with Crippen LogP contribution in [0, 0.1) is 13.8 Å². The molecule has 0 fully saturated rings. The molecule has 0 aliphatic carbocycles. The molecule has 0 unspecified atom stereocenters. The third-order valence-corrected chi connectivity index (χ3v) is 4.23. The highest BCUT2D eigenvalue weighted by atomic mass is 16.5. The van der Waals surface area contributed by atoms with E-state index in [1.54, 1.807) is 0 Å². The number of primary amides is 1. The maximum absolute atomic E-state index is 11.3. The van der Waals surface area contributed by atoms with Gasteiger partial charge in [-0.1, -0.05) is 24.3 Å². The van der Waals surface area contributed by atoms with Gasteiger partial charge in [-0.2, -0.15) is 0 Å². The van der Waals surface area contributed by atoms with Crippen LogP contribution in [-0.2, 0) is 17.8 Å². The van der Waals surface area contributed by atoms with Crippen LogP contribution in [0.3, 0.4) is 0 Å². The fraction of sp³-hybridized carbons (Fsp3) is 0.300. The number of nitrogens with zero attached hydrogens (tertiary/aromatic N) is 2. The number of hydrogen-bond acceptors (Lipinski definition) is 4. The van der Waals surface area contributed by atoms with E-state index >= 15 is 0 Å². The molecule has 2 aromatic carbocycles. The molecule has 0 radical (unpaired) electrons. The Balaban J connectivity index is 1.77. The number of aryl methyl sites for hydroxylation is 2. The number of fused-ring (bicyclic) bond motifs is 1. The van der Waals surface area contributed by atoms with Crippen molar-refractivity contribution in [1.29, 1.82) is 0 Å². The van der Waals surface area contributed by atoms with Gasteiger partial charge in [-0.3, -0.25) is 4.79 Å². The molecule has 0 saturated carbocycles. The maximum Gasteiger partial charge on any atom is 0.225 e. The number of amides is 1. The first-order valence-electron chi connectivity index (χ1n) is 8.54. The Labute approximate surface area is 152 Å².